The fourth-order valence-corrected chi connectivity index (χ4v) is 7.67. The van der Waals surface area contributed by atoms with Crippen molar-refractivity contribution in [3.05, 3.63) is 124 Å². The average molecular weight is 767 g/mol. The Bertz CT molecular complexity index is 2430. The summed E-state index contributed by atoms with van der Waals surface area (Å²) in [4.78, 5) is 31.6. The molecule has 0 saturated heterocycles. The number of unbranched alkanes of at least 4 members (excludes halogenated alkanes) is 1. The molecular weight excluding hydrogens is 721 g/mol. The molecule has 0 radical (unpaired) electrons. The van der Waals surface area contributed by atoms with E-state index in [-0.39, 0.29) is 17.2 Å². The second kappa shape index (κ2) is 16.7. The maximum atomic E-state index is 14.2. The van der Waals surface area contributed by atoms with Gasteiger partial charge in [0.05, 0.1) is 5.52 Å². The number of alkyl halides is 4. The fraction of sp³-hybridized carbons (Fsp3) is 0.326. The predicted octanol–water partition coefficient (Wildman–Crippen LogP) is 11.9. The van der Waals surface area contributed by atoms with Crippen LogP contribution in [0.3, 0.4) is 0 Å². The summed E-state index contributed by atoms with van der Waals surface area (Å²) in [6.07, 6.45) is 0.416. The molecule has 6 aromatic rings. The summed E-state index contributed by atoms with van der Waals surface area (Å²) in [7, 11) is 0. The number of hydrogen-bond acceptors (Lipinski definition) is 5. The quantitative estimate of drug-likeness (QED) is 0.0343. The molecule has 0 bridgehead atoms. The van der Waals surface area contributed by atoms with Gasteiger partial charge >= 0.3 is 18.3 Å². The minimum absolute atomic E-state index is 0.0471. The van der Waals surface area contributed by atoms with Gasteiger partial charge in [-0.1, -0.05) is 80.2 Å². The summed E-state index contributed by atoms with van der Waals surface area (Å²) in [5.74, 6) is -4.67. The Balaban J connectivity index is 1.59. The normalized spacial score (nSPS) is 12.9. The lowest BCUT2D eigenvalue weighted by Gasteiger charge is -2.19. The summed E-state index contributed by atoms with van der Waals surface area (Å²) in [6.45, 7) is 10.8. The second-order valence-electron chi connectivity index (χ2n) is 14.6. The first-order valence-electron chi connectivity index (χ1n) is 19.0. The highest BCUT2D eigenvalue weighted by Crippen LogP contribution is 2.39. The Hall–Kier alpha value is -5.51. The molecule has 0 saturated carbocycles. The van der Waals surface area contributed by atoms with Crippen LogP contribution in [0, 0.1) is 26.7 Å². The predicted molar refractivity (Wildman–Crippen MR) is 215 cm³/mol. The van der Waals surface area contributed by atoms with Crippen LogP contribution in [0.5, 0.6) is 5.75 Å². The smallest absolute Gasteiger partial charge is 0.340 e. The first-order valence-corrected chi connectivity index (χ1v) is 19.0. The van der Waals surface area contributed by atoms with Crippen molar-refractivity contribution in [2.75, 3.05) is 6.61 Å². The summed E-state index contributed by atoms with van der Waals surface area (Å²) >= 11 is 0. The molecule has 1 atom stereocenters. The maximum Gasteiger partial charge on any atom is 0.340 e. The zero-order valence-electron chi connectivity index (χ0n) is 32.5. The first kappa shape index (κ1) is 40.2. The number of fused-ring (bicyclic) bond motifs is 5. The largest absolute Gasteiger partial charge is 0.487 e. The lowest BCUT2D eigenvalue weighted by Crippen LogP contribution is -2.33. The summed E-state index contributed by atoms with van der Waals surface area (Å²) < 4.78 is 60.1. The van der Waals surface area contributed by atoms with Gasteiger partial charge in [-0.3, -0.25) is 4.79 Å². The van der Waals surface area contributed by atoms with Gasteiger partial charge in [-0.2, -0.15) is 8.78 Å². The number of hydrogen-bond donors (Lipinski definition) is 0. The number of nitrogens with zero attached hydrogens (tertiary/aromatic N) is 2. The van der Waals surface area contributed by atoms with Gasteiger partial charge in [0.1, 0.15) is 11.5 Å². The molecule has 1 aromatic heterocycles. The highest BCUT2D eigenvalue weighted by Gasteiger charge is 2.41. The fourth-order valence-electron chi connectivity index (χ4n) is 7.67. The number of carbonyl (C=O) groups is 2. The molecule has 0 amide bonds. The number of benzene rings is 5. The lowest BCUT2D eigenvalue weighted by molar-refractivity contribution is -0.148. The Morgan fingerprint density at radius 1 is 0.821 bits per heavy atom. The third-order valence-corrected chi connectivity index (χ3v) is 10.4. The Labute approximate surface area is 324 Å². The molecule has 5 aromatic carbocycles. The van der Waals surface area contributed by atoms with Crippen molar-refractivity contribution in [3.63, 3.8) is 0 Å². The molecule has 0 fully saturated rings. The molecule has 56 heavy (non-hydrogen) atoms. The number of aromatic nitrogens is 1. The van der Waals surface area contributed by atoms with Crippen molar-refractivity contribution in [2.45, 2.75) is 86.1 Å². The summed E-state index contributed by atoms with van der Waals surface area (Å²) in [5, 5.41) is 7.78. The zero-order valence-corrected chi connectivity index (χ0v) is 32.5. The van der Waals surface area contributed by atoms with Crippen LogP contribution in [0.25, 0.3) is 32.6 Å². The number of carbonyl (C=O) groups excluding carboxylic acids is 2. The monoisotopic (exact) mass is 766 g/mol. The van der Waals surface area contributed by atoms with E-state index >= 15 is 0 Å². The minimum atomic E-state index is -4.32. The van der Waals surface area contributed by atoms with Crippen LogP contribution >= 0.6 is 0 Å². The maximum absolute atomic E-state index is 14.2. The van der Waals surface area contributed by atoms with Gasteiger partial charge in [0, 0.05) is 57.4 Å². The van der Waals surface area contributed by atoms with Gasteiger partial charge in [0.2, 0.25) is 0 Å². The van der Waals surface area contributed by atoms with E-state index in [0.29, 0.717) is 28.2 Å². The molecular formula is C46H46F4N2O4. The zero-order chi connectivity index (χ0) is 40.3. The van der Waals surface area contributed by atoms with E-state index in [4.69, 9.17) is 9.57 Å². The van der Waals surface area contributed by atoms with Gasteiger partial charge in [0.25, 0.3) is 0 Å². The molecule has 0 aliphatic carbocycles. The van der Waals surface area contributed by atoms with Crippen LogP contribution in [0.2, 0.25) is 0 Å². The molecule has 0 spiro atoms. The SMILES string of the molecule is CCCCC(CC)Cn1c2ccc(C(=O)c3c(C)cc(C)cc3C)cc2c2cc(/C(=N/OC(C)=O)c3ccc(OCC(F)(F)C(F)F)cc3)c3ccccc3c21. The number of halogens is 4. The van der Waals surface area contributed by atoms with E-state index < -0.39 is 24.9 Å². The Morgan fingerprint density at radius 3 is 2.11 bits per heavy atom. The van der Waals surface area contributed by atoms with Crippen molar-refractivity contribution in [1.29, 1.82) is 0 Å². The van der Waals surface area contributed by atoms with Gasteiger partial charge in [-0.25, -0.2) is 13.6 Å². The number of rotatable bonds is 15. The van der Waals surface area contributed by atoms with E-state index in [2.05, 4.69) is 23.6 Å². The first-order chi connectivity index (χ1) is 26.7. The van der Waals surface area contributed by atoms with Crippen molar-refractivity contribution in [1.82, 2.24) is 4.57 Å². The molecule has 10 heteroatoms. The van der Waals surface area contributed by atoms with Crippen LogP contribution in [0.15, 0.2) is 90.1 Å². The third-order valence-electron chi connectivity index (χ3n) is 10.4. The highest BCUT2D eigenvalue weighted by atomic mass is 19.3. The van der Waals surface area contributed by atoms with Crippen molar-refractivity contribution >= 4 is 50.0 Å². The van der Waals surface area contributed by atoms with Crippen LogP contribution in [0.1, 0.15) is 90.2 Å². The van der Waals surface area contributed by atoms with Gasteiger partial charge in [-0.05, 0) is 98.2 Å². The van der Waals surface area contributed by atoms with E-state index in [1.807, 2.05) is 81.4 Å². The lowest BCUT2D eigenvalue weighted by atomic mass is 9.91. The molecule has 6 nitrogen and oxygen atoms in total. The number of ketones is 1. The van der Waals surface area contributed by atoms with E-state index in [1.165, 1.54) is 19.1 Å². The third kappa shape index (κ3) is 8.20. The van der Waals surface area contributed by atoms with E-state index in [0.717, 1.165) is 81.5 Å². The van der Waals surface area contributed by atoms with Crippen LogP contribution in [-0.2, 0) is 16.2 Å². The summed E-state index contributed by atoms with van der Waals surface area (Å²) in [5.41, 5.74) is 7.47. The van der Waals surface area contributed by atoms with Crippen molar-refractivity contribution in [2.24, 2.45) is 11.1 Å². The van der Waals surface area contributed by atoms with Gasteiger partial charge in [-0.15, -0.1) is 0 Å². The number of oxime groups is 1. The number of ether oxygens (including phenoxy) is 1. The molecule has 6 rings (SSSR count). The average Bonchev–Trinajstić information content (AvgIpc) is 3.47. The minimum Gasteiger partial charge on any atom is -0.487 e. The molecule has 1 unspecified atom stereocenters. The van der Waals surface area contributed by atoms with Crippen LogP contribution in [-0.4, -0.2) is 41.0 Å². The van der Waals surface area contributed by atoms with Gasteiger partial charge < -0.3 is 14.1 Å². The molecule has 292 valence electrons. The van der Waals surface area contributed by atoms with Crippen molar-refractivity contribution in [3.8, 4) is 5.75 Å². The molecule has 0 N–H and O–H groups in total. The van der Waals surface area contributed by atoms with E-state index in [9.17, 15) is 27.2 Å². The van der Waals surface area contributed by atoms with Gasteiger partial charge in [0.15, 0.2) is 12.4 Å². The standard InChI is InChI=1S/C46H46F4N2O4/c1-7-9-12-31(8-2)25-52-40-20-17-33(44(54)41-28(4)21-27(3)22-29(41)5)23-37(40)39-24-38(35-13-10-11-14-36(35)43(39)52)42(51-56-30(6)53)32-15-18-34(19-16-32)55-26-46(49,50)45(47)48/h10-11,13-24,31,45H,7-9,12,25-26H2,1-6H3/b51-42+. The number of aryl methyl sites for hydroxylation is 3. The van der Waals surface area contributed by atoms with Crippen LogP contribution in [0.4, 0.5) is 17.6 Å². The topological polar surface area (TPSA) is 69.9 Å². The van der Waals surface area contributed by atoms with E-state index in [1.54, 1.807) is 12.1 Å². The Morgan fingerprint density at radius 2 is 1.48 bits per heavy atom. The Kier molecular flexibility index (Phi) is 12.0. The highest BCUT2D eigenvalue weighted by molar-refractivity contribution is 6.27. The van der Waals surface area contributed by atoms with Crippen molar-refractivity contribution < 1.29 is 36.7 Å². The molecule has 1 heterocycles. The van der Waals surface area contributed by atoms with Crippen LogP contribution < -0.4 is 4.74 Å². The summed E-state index contributed by atoms with van der Waals surface area (Å²) in [6, 6.07) is 25.7. The molecule has 0 aliphatic rings. The molecule has 0 aliphatic heterocycles. The second-order valence-corrected chi connectivity index (χ2v) is 14.6.